The Balaban J connectivity index is 2.16. The van der Waals surface area contributed by atoms with Crippen LogP contribution in [0.25, 0.3) is 0 Å². The van der Waals surface area contributed by atoms with Crippen molar-refractivity contribution in [3.63, 3.8) is 0 Å². The number of ether oxygens (including phenoxy) is 1. The maximum atomic E-state index is 10.6. The molecule has 4 nitrogen and oxygen atoms in total. The third-order valence-corrected chi connectivity index (χ3v) is 2.34. The van der Waals surface area contributed by atoms with Gasteiger partial charge in [-0.3, -0.25) is 9.48 Å². The zero-order valence-electron chi connectivity index (χ0n) is 9.83. The average Bonchev–Trinajstić information content (AvgIpc) is 2.78. The molecule has 0 N–H and O–H groups in total. The Morgan fingerprint density at radius 3 is 2.82 bits per heavy atom. The Morgan fingerprint density at radius 1 is 1.35 bits per heavy atom. The van der Waals surface area contributed by atoms with E-state index in [1.165, 1.54) is 0 Å². The van der Waals surface area contributed by atoms with E-state index in [-0.39, 0.29) is 0 Å². The van der Waals surface area contributed by atoms with Crippen LogP contribution in [0.15, 0.2) is 36.7 Å². The van der Waals surface area contributed by atoms with E-state index in [0.717, 1.165) is 6.29 Å². The summed E-state index contributed by atoms with van der Waals surface area (Å²) in [6.07, 6.45) is 4.29. The standard InChI is InChI=1S/C13H14N2O2/c1-10(2)15-8-13(7-14-15)17-12-5-3-4-11(6-12)9-16/h3-10H,1-2H3. The van der Waals surface area contributed by atoms with Crippen LogP contribution >= 0.6 is 0 Å². The quantitative estimate of drug-likeness (QED) is 0.758. The number of hydrogen-bond donors (Lipinski definition) is 0. The lowest BCUT2D eigenvalue weighted by Crippen LogP contribution is -1.99. The van der Waals surface area contributed by atoms with Crippen LogP contribution < -0.4 is 4.74 Å². The largest absolute Gasteiger partial charge is 0.454 e. The van der Waals surface area contributed by atoms with Gasteiger partial charge in [-0.15, -0.1) is 0 Å². The maximum absolute atomic E-state index is 10.6. The molecule has 0 amide bonds. The first-order chi connectivity index (χ1) is 8.19. The zero-order chi connectivity index (χ0) is 12.3. The second-order valence-electron chi connectivity index (χ2n) is 4.04. The van der Waals surface area contributed by atoms with Crippen molar-refractivity contribution in [3.8, 4) is 11.5 Å². The highest BCUT2D eigenvalue weighted by molar-refractivity contribution is 5.75. The second-order valence-corrected chi connectivity index (χ2v) is 4.04. The Hall–Kier alpha value is -2.10. The summed E-state index contributed by atoms with van der Waals surface area (Å²) in [5.41, 5.74) is 0.596. The molecule has 0 aliphatic rings. The molecule has 0 unspecified atom stereocenters. The van der Waals surface area contributed by atoms with Gasteiger partial charge < -0.3 is 4.74 Å². The predicted octanol–water partition coefficient (Wildman–Crippen LogP) is 3.07. The van der Waals surface area contributed by atoms with Crippen molar-refractivity contribution >= 4 is 6.29 Å². The van der Waals surface area contributed by atoms with E-state index in [2.05, 4.69) is 5.10 Å². The number of hydrogen-bond acceptors (Lipinski definition) is 3. The van der Waals surface area contributed by atoms with Gasteiger partial charge >= 0.3 is 0 Å². The second kappa shape index (κ2) is 4.82. The van der Waals surface area contributed by atoms with Gasteiger partial charge in [0.15, 0.2) is 5.75 Å². The van der Waals surface area contributed by atoms with E-state index in [1.54, 1.807) is 30.5 Å². The summed E-state index contributed by atoms with van der Waals surface area (Å²) in [6.45, 7) is 4.09. The SMILES string of the molecule is CC(C)n1cc(Oc2cccc(C=O)c2)cn1. The summed E-state index contributed by atoms with van der Waals surface area (Å²) in [4.78, 5) is 10.6. The fourth-order valence-electron chi connectivity index (χ4n) is 1.44. The lowest BCUT2D eigenvalue weighted by molar-refractivity contribution is 0.112. The number of carbonyl (C=O) groups excluding carboxylic acids is 1. The summed E-state index contributed by atoms with van der Waals surface area (Å²) in [5.74, 6) is 1.31. The molecule has 88 valence electrons. The van der Waals surface area contributed by atoms with Crippen LogP contribution in [0, 0.1) is 0 Å². The molecule has 1 heterocycles. The van der Waals surface area contributed by atoms with Crippen molar-refractivity contribution in [2.45, 2.75) is 19.9 Å². The average molecular weight is 230 g/mol. The van der Waals surface area contributed by atoms with E-state index in [0.29, 0.717) is 23.1 Å². The molecule has 1 aromatic carbocycles. The Morgan fingerprint density at radius 2 is 2.18 bits per heavy atom. The molecule has 4 heteroatoms. The van der Waals surface area contributed by atoms with E-state index in [9.17, 15) is 4.79 Å². The molecular weight excluding hydrogens is 216 g/mol. The predicted molar refractivity (Wildman–Crippen MR) is 64.5 cm³/mol. The van der Waals surface area contributed by atoms with Gasteiger partial charge in [0.05, 0.1) is 12.4 Å². The van der Waals surface area contributed by atoms with Crippen molar-refractivity contribution in [1.29, 1.82) is 0 Å². The first-order valence-corrected chi connectivity index (χ1v) is 5.46. The number of aromatic nitrogens is 2. The molecule has 0 saturated heterocycles. The van der Waals surface area contributed by atoms with Gasteiger partial charge in [-0.25, -0.2) is 0 Å². The molecule has 1 aromatic heterocycles. The molecule has 17 heavy (non-hydrogen) atoms. The lowest BCUT2D eigenvalue weighted by atomic mass is 10.2. The highest BCUT2D eigenvalue weighted by Crippen LogP contribution is 2.22. The number of aldehydes is 1. The molecule has 2 aromatic rings. The first-order valence-electron chi connectivity index (χ1n) is 5.46. The molecule has 0 aliphatic carbocycles. The van der Waals surface area contributed by atoms with Crippen molar-refractivity contribution in [2.75, 3.05) is 0 Å². The van der Waals surface area contributed by atoms with Crippen LogP contribution in [-0.2, 0) is 0 Å². The Kier molecular flexibility index (Phi) is 3.23. The Bertz CT molecular complexity index is 518. The molecule has 0 aliphatic heterocycles. The van der Waals surface area contributed by atoms with E-state index in [1.807, 2.05) is 24.7 Å². The smallest absolute Gasteiger partial charge is 0.165 e. The normalized spacial score (nSPS) is 10.5. The summed E-state index contributed by atoms with van der Waals surface area (Å²) >= 11 is 0. The van der Waals surface area contributed by atoms with Crippen LogP contribution in [0.2, 0.25) is 0 Å². The minimum absolute atomic E-state index is 0.300. The van der Waals surface area contributed by atoms with Crippen molar-refractivity contribution in [2.24, 2.45) is 0 Å². The topological polar surface area (TPSA) is 44.1 Å². The van der Waals surface area contributed by atoms with Crippen LogP contribution in [0.1, 0.15) is 30.2 Å². The van der Waals surface area contributed by atoms with Gasteiger partial charge in [-0.1, -0.05) is 12.1 Å². The van der Waals surface area contributed by atoms with Gasteiger partial charge in [-0.05, 0) is 26.0 Å². The highest BCUT2D eigenvalue weighted by Gasteiger charge is 2.04. The van der Waals surface area contributed by atoms with Gasteiger partial charge in [0.25, 0.3) is 0 Å². The van der Waals surface area contributed by atoms with Crippen LogP contribution in [0.4, 0.5) is 0 Å². The van der Waals surface area contributed by atoms with Crippen LogP contribution in [-0.4, -0.2) is 16.1 Å². The fourth-order valence-corrected chi connectivity index (χ4v) is 1.44. The van der Waals surface area contributed by atoms with Crippen molar-refractivity contribution < 1.29 is 9.53 Å². The highest BCUT2D eigenvalue weighted by atomic mass is 16.5. The molecule has 0 bridgehead atoms. The summed E-state index contributed by atoms with van der Waals surface area (Å²) in [5, 5.41) is 4.18. The number of rotatable bonds is 4. The minimum Gasteiger partial charge on any atom is -0.454 e. The van der Waals surface area contributed by atoms with Crippen molar-refractivity contribution in [3.05, 3.63) is 42.2 Å². The molecule has 0 saturated carbocycles. The molecule has 2 rings (SSSR count). The Labute approximate surface area is 99.8 Å². The van der Waals surface area contributed by atoms with E-state index < -0.39 is 0 Å². The molecular formula is C13H14N2O2. The lowest BCUT2D eigenvalue weighted by Gasteiger charge is -2.04. The van der Waals surface area contributed by atoms with Gasteiger partial charge in [0, 0.05) is 11.6 Å². The summed E-state index contributed by atoms with van der Waals surface area (Å²) in [6, 6.07) is 7.32. The minimum atomic E-state index is 0.300. The number of benzene rings is 1. The van der Waals surface area contributed by atoms with Gasteiger partial charge in [0.2, 0.25) is 0 Å². The number of nitrogens with zero attached hydrogens (tertiary/aromatic N) is 2. The van der Waals surface area contributed by atoms with Gasteiger partial charge in [0.1, 0.15) is 12.0 Å². The first kappa shape index (κ1) is 11.4. The van der Waals surface area contributed by atoms with Crippen LogP contribution in [0.3, 0.4) is 0 Å². The third kappa shape index (κ3) is 2.72. The molecule has 0 radical (unpaired) electrons. The van der Waals surface area contributed by atoms with Crippen molar-refractivity contribution in [1.82, 2.24) is 9.78 Å². The fraction of sp³-hybridized carbons (Fsp3) is 0.231. The van der Waals surface area contributed by atoms with Crippen LogP contribution in [0.5, 0.6) is 11.5 Å². The van der Waals surface area contributed by atoms with Gasteiger partial charge in [-0.2, -0.15) is 5.10 Å². The summed E-state index contributed by atoms with van der Waals surface area (Å²) in [7, 11) is 0. The molecule has 0 atom stereocenters. The molecule has 0 fully saturated rings. The zero-order valence-corrected chi connectivity index (χ0v) is 9.83. The molecule has 0 spiro atoms. The monoisotopic (exact) mass is 230 g/mol. The number of carbonyl (C=O) groups is 1. The third-order valence-electron chi connectivity index (χ3n) is 2.34. The van der Waals surface area contributed by atoms with E-state index in [4.69, 9.17) is 4.74 Å². The summed E-state index contributed by atoms with van der Waals surface area (Å²) < 4.78 is 7.43. The maximum Gasteiger partial charge on any atom is 0.165 e. The van der Waals surface area contributed by atoms with E-state index >= 15 is 0 Å².